The summed E-state index contributed by atoms with van der Waals surface area (Å²) in [5.41, 5.74) is 0.709. The summed E-state index contributed by atoms with van der Waals surface area (Å²) in [4.78, 5) is 29.4. The second-order valence-corrected chi connectivity index (χ2v) is 6.78. The van der Waals surface area contributed by atoms with E-state index in [9.17, 15) is 14.0 Å². The first-order valence-electron chi connectivity index (χ1n) is 8.08. The van der Waals surface area contributed by atoms with Gasteiger partial charge >= 0.3 is 0 Å². The summed E-state index contributed by atoms with van der Waals surface area (Å²) in [6, 6.07) is 8.13. The highest BCUT2D eigenvalue weighted by Crippen LogP contribution is 2.14. The molecule has 4 aromatic rings. The zero-order valence-corrected chi connectivity index (χ0v) is 14.8. The van der Waals surface area contributed by atoms with E-state index in [1.54, 1.807) is 35.8 Å². The highest BCUT2D eigenvalue weighted by atomic mass is 32.1. The smallest absolute Gasteiger partial charge is 0.262 e. The molecular formula is C18H14FN5O2S. The number of nitrogens with zero attached hydrogens (tertiary/aromatic N) is 4. The van der Waals surface area contributed by atoms with Gasteiger partial charge in [0.1, 0.15) is 17.2 Å². The van der Waals surface area contributed by atoms with Gasteiger partial charge in [-0.05, 0) is 17.5 Å². The molecule has 0 atom stereocenters. The molecule has 0 aliphatic carbocycles. The summed E-state index contributed by atoms with van der Waals surface area (Å²) in [7, 11) is 0. The number of amides is 1. The van der Waals surface area contributed by atoms with Gasteiger partial charge in [0.05, 0.1) is 30.1 Å². The Labute approximate surface area is 156 Å². The van der Waals surface area contributed by atoms with E-state index in [0.717, 1.165) is 0 Å². The second kappa shape index (κ2) is 7.12. The molecule has 27 heavy (non-hydrogen) atoms. The van der Waals surface area contributed by atoms with Crippen molar-refractivity contribution in [2.75, 3.05) is 5.32 Å². The number of hydrogen-bond acceptors (Lipinski definition) is 5. The number of rotatable bonds is 5. The third-order valence-corrected chi connectivity index (χ3v) is 4.79. The lowest BCUT2D eigenvalue weighted by molar-refractivity contribution is -0.116. The summed E-state index contributed by atoms with van der Waals surface area (Å²) < 4.78 is 16.5. The van der Waals surface area contributed by atoms with Gasteiger partial charge in [0.15, 0.2) is 0 Å². The quantitative estimate of drug-likeness (QED) is 0.574. The zero-order valence-electron chi connectivity index (χ0n) is 14.0. The minimum atomic E-state index is -0.376. The summed E-state index contributed by atoms with van der Waals surface area (Å²) in [5, 5.41) is 9.08. The second-order valence-electron chi connectivity index (χ2n) is 5.88. The van der Waals surface area contributed by atoms with Gasteiger partial charge in [-0.15, -0.1) is 11.3 Å². The number of aromatic nitrogens is 4. The molecule has 0 spiro atoms. The Balaban J connectivity index is 1.44. The highest BCUT2D eigenvalue weighted by molar-refractivity contribution is 7.16. The minimum absolute atomic E-state index is 0.157. The molecule has 1 aromatic carbocycles. The van der Waals surface area contributed by atoms with Crippen LogP contribution in [0.2, 0.25) is 0 Å². The van der Waals surface area contributed by atoms with Crippen LogP contribution < -0.4 is 10.9 Å². The monoisotopic (exact) mass is 383 g/mol. The number of anilines is 1. The van der Waals surface area contributed by atoms with Crippen molar-refractivity contribution in [3.8, 4) is 0 Å². The number of halogens is 1. The molecule has 3 aromatic heterocycles. The Bertz CT molecular complexity index is 1180. The van der Waals surface area contributed by atoms with Gasteiger partial charge in [0.2, 0.25) is 5.91 Å². The molecule has 0 unspecified atom stereocenters. The molecule has 136 valence electrons. The topological polar surface area (TPSA) is 81.8 Å². The van der Waals surface area contributed by atoms with E-state index in [2.05, 4.69) is 15.4 Å². The summed E-state index contributed by atoms with van der Waals surface area (Å²) in [6.45, 7) is 0.0941. The lowest BCUT2D eigenvalue weighted by Gasteiger charge is -2.05. The van der Waals surface area contributed by atoms with Crippen molar-refractivity contribution in [2.24, 2.45) is 0 Å². The average molecular weight is 383 g/mol. The molecule has 0 saturated heterocycles. The van der Waals surface area contributed by atoms with Crippen LogP contribution in [0.4, 0.5) is 10.1 Å². The van der Waals surface area contributed by atoms with Crippen molar-refractivity contribution in [3.63, 3.8) is 0 Å². The van der Waals surface area contributed by atoms with Crippen LogP contribution in [0, 0.1) is 5.82 Å². The fraction of sp³-hybridized carbons (Fsp3) is 0.111. The Morgan fingerprint density at radius 1 is 1.26 bits per heavy atom. The number of benzene rings is 1. The van der Waals surface area contributed by atoms with Gasteiger partial charge in [-0.1, -0.05) is 18.2 Å². The number of fused-ring (bicyclic) bond motifs is 1. The van der Waals surface area contributed by atoms with E-state index in [0.29, 0.717) is 21.5 Å². The molecule has 3 heterocycles. The Morgan fingerprint density at radius 3 is 2.96 bits per heavy atom. The summed E-state index contributed by atoms with van der Waals surface area (Å²) in [5.74, 6) is -0.687. The van der Waals surface area contributed by atoms with Crippen LogP contribution in [0.15, 0.2) is 59.2 Å². The predicted octanol–water partition coefficient (Wildman–Crippen LogP) is 2.48. The van der Waals surface area contributed by atoms with Crippen LogP contribution in [0.25, 0.3) is 10.2 Å². The van der Waals surface area contributed by atoms with E-state index < -0.39 is 0 Å². The molecule has 0 radical (unpaired) electrons. The van der Waals surface area contributed by atoms with Gasteiger partial charge in [0, 0.05) is 11.8 Å². The Morgan fingerprint density at radius 2 is 2.11 bits per heavy atom. The van der Waals surface area contributed by atoms with Crippen molar-refractivity contribution in [2.45, 2.75) is 13.1 Å². The molecule has 1 amide bonds. The number of hydrogen-bond donors (Lipinski definition) is 1. The van der Waals surface area contributed by atoms with Crippen LogP contribution in [-0.4, -0.2) is 25.2 Å². The van der Waals surface area contributed by atoms with Gasteiger partial charge in [0.25, 0.3) is 5.56 Å². The summed E-state index contributed by atoms with van der Waals surface area (Å²) in [6.07, 6.45) is 4.44. The highest BCUT2D eigenvalue weighted by Gasteiger charge is 2.10. The summed E-state index contributed by atoms with van der Waals surface area (Å²) >= 11 is 1.37. The predicted molar refractivity (Wildman–Crippen MR) is 100 cm³/mol. The number of thiophene rings is 1. The average Bonchev–Trinajstić information content (AvgIpc) is 3.29. The fourth-order valence-electron chi connectivity index (χ4n) is 2.68. The third-order valence-electron chi connectivity index (χ3n) is 3.97. The van der Waals surface area contributed by atoms with E-state index in [1.165, 1.54) is 39.2 Å². The standard InChI is InChI=1S/C18H14FN5O2S/c19-15-4-2-1-3-12(15)8-24-9-13(7-21-24)22-16(25)10-23-11-20-17-14(18(23)26)5-6-27-17/h1-7,9,11H,8,10H2,(H,22,25). The molecule has 0 aliphatic rings. The number of nitrogens with one attached hydrogen (secondary N) is 1. The van der Waals surface area contributed by atoms with Crippen LogP contribution >= 0.6 is 11.3 Å². The minimum Gasteiger partial charge on any atom is -0.322 e. The Hall–Kier alpha value is -3.33. The molecule has 1 N–H and O–H groups in total. The maximum absolute atomic E-state index is 13.7. The first-order chi connectivity index (χ1) is 13.1. The maximum Gasteiger partial charge on any atom is 0.262 e. The van der Waals surface area contributed by atoms with Crippen LogP contribution in [0.5, 0.6) is 0 Å². The van der Waals surface area contributed by atoms with Crippen molar-refractivity contribution >= 4 is 33.1 Å². The van der Waals surface area contributed by atoms with Crippen molar-refractivity contribution in [3.05, 3.63) is 76.2 Å². The molecule has 0 bridgehead atoms. The fourth-order valence-corrected chi connectivity index (χ4v) is 3.40. The largest absolute Gasteiger partial charge is 0.322 e. The zero-order chi connectivity index (χ0) is 18.8. The van der Waals surface area contributed by atoms with Crippen molar-refractivity contribution in [1.29, 1.82) is 0 Å². The van der Waals surface area contributed by atoms with Crippen LogP contribution in [-0.2, 0) is 17.9 Å². The van der Waals surface area contributed by atoms with Gasteiger partial charge in [-0.25, -0.2) is 9.37 Å². The Kier molecular flexibility index (Phi) is 4.51. The first kappa shape index (κ1) is 17.1. The molecular weight excluding hydrogens is 369 g/mol. The van der Waals surface area contributed by atoms with Gasteiger partial charge in [-0.2, -0.15) is 5.10 Å². The molecule has 7 nitrogen and oxygen atoms in total. The van der Waals surface area contributed by atoms with Crippen molar-refractivity contribution < 1.29 is 9.18 Å². The van der Waals surface area contributed by atoms with E-state index in [4.69, 9.17) is 0 Å². The van der Waals surface area contributed by atoms with E-state index in [1.807, 2.05) is 0 Å². The van der Waals surface area contributed by atoms with Crippen LogP contribution in [0.1, 0.15) is 5.56 Å². The SMILES string of the molecule is O=C(Cn1cnc2sccc2c1=O)Nc1cnn(Cc2ccccc2F)c1. The molecule has 0 saturated carbocycles. The van der Waals surface area contributed by atoms with Gasteiger partial charge in [-0.3, -0.25) is 18.8 Å². The van der Waals surface area contributed by atoms with Gasteiger partial charge < -0.3 is 5.32 Å². The molecule has 9 heteroatoms. The first-order valence-corrected chi connectivity index (χ1v) is 8.96. The number of carbonyl (C=O) groups is 1. The molecule has 4 rings (SSSR count). The number of carbonyl (C=O) groups excluding carboxylic acids is 1. The van der Waals surface area contributed by atoms with E-state index >= 15 is 0 Å². The normalized spacial score (nSPS) is 11.0. The third kappa shape index (κ3) is 3.63. The lowest BCUT2D eigenvalue weighted by Crippen LogP contribution is -2.27. The van der Waals surface area contributed by atoms with E-state index in [-0.39, 0.29) is 30.4 Å². The lowest BCUT2D eigenvalue weighted by atomic mass is 10.2. The molecule has 0 aliphatic heterocycles. The molecule has 0 fully saturated rings. The maximum atomic E-state index is 13.7. The van der Waals surface area contributed by atoms with Crippen molar-refractivity contribution in [1.82, 2.24) is 19.3 Å². The van der Waals surface area contributed by atoms with Crippen LogP contribution in [0.3, 0.4) is 0 Å².